The number of rotatable bonds is 3. The molecule has 6 heteroatoms. The number of carboxylic acids is 1. The summed E-state index contributed by atoms with van der Waals surface area (Å²) in [6.07, 6.45) is 0. The van der Waals surface area contributed by atoms with Crippen LogP contribution in [0.4, 0.5) is 0 Å². The maximum absolute atomic E-state index is 11.1. The van der Waals surface area contributed by atoms with Crippen LogP contribution in [0.15, 0.2) is 35.4 Å². The number of halogens is 2. The van der Waals surface area contributed by atoms with Crippen LogP contribution >= 0.6 is 23.4 Å². The molecule has 0 saturated heterocycles. The van der Waals surface area contributed by atoms with Crippen LogP contribution in [0.25, 0.3) is 5.57 Å². The van der Waals surface area contributed by atoms with E-state index in [1.54, 1.807) is 23.0 Å². The van der Waals surface area contributed by atoms with Crippen molar-refractivity contribution >= 4 is 40.8 Å². The van der Waals surface area contributed by atoms with Gasteiger partial charge in [0.1, 0.15) is 5.03 Å². The first-order valence-corrected chi connectivity index (χ1v) is 4.93. The van der Waals surface area contributed by atoms with Gasteiger partial charge in [-0.1, -0.05) is 41.9 Å². The average Bonchev–Trinajstić information content (AvgIpc) is 2.29. The van der Waals surface area contributed by atoms with Gasteiger partial charge in [0.2, 0.25) is 0 Å². The molecule has 0 fully saturated rings. The molecule has 0 aliphatic heterocycles. The Morgan fingerprint density at radius 1 is 1.19 bits per heavy atom. The summed E-state index contributed by atoms with van der Waals surface area (Å²) in [5.41, 5.74) is 0.0423. The lowest BCUT2D eigenvalue weighted by Crippen LogP contribution is -2.16. The highest BCUT2D eigenvalue weighted by atomic mass is 35.5. The molecule has 0 aliphatic carbocycles. The van der Waals surface area contributed by atoms with Gasteiger partial charge in [0.05, 0.1) is 5.57 Å². The number of benzene rings is 1. The predicted octanol–water partition coefficient (Wildman–Crippen LogP) is 1.99. The van der Waals surface area contributed by atoms with E-state index in [0.29, 0.717) is 5.56 Å². The molecular formula is C10H7Cl2NO3. The van der Waals surface area contributed by atoms with Gasteiger partial charge >= 0.3 is 5.97 Å². The Morgan fingerprint density at radius 3 is 2.19 bits per heavy atom. The van der Waals surface area contributed by atoms with E-state index in [1.165, 1.54) is 12.1 Å². The summed E-state index contributed by atoms with van der Waals surface area (Å²) >= 11 is 10.7. The zero-order valence-corrected chi connectivity index (χ0v) is 9.42. The van der Waals surface area contributed by atoms with E-state index in [0.717, 1.165) is 0 Å². The number of hydrogen-bond acceptors (Lipinski definition) is 2. The molecule has 16 heavy (non-hydrogen) atoms. The molecule has 0 radical (unpaired) electrons. The van der Waals surface area contributed by atoms with Crippen LogP contribution in [-0.4, -0.2) is 17.0 Å². The third-order valence-corrected chi connectivity index (χ3v) is 2.31. The van der Waals surface area contributed by atoms with Crippen LogP contribution in [0, 0.1) is 0 Å². The van der Waals surface area contributed by atoms with Gasteiger partial charge in [-0.05, 0) is 5.56 Å². The lowest BCUT2D eigenvalue weighted by Gasteiger charge is -2.04. The van der Waals surface area contributed by atoms with Gasteiger partial charge in [-0.15, -0.1) is 0 Å². The molecule has 1 aromatic carbocycles. The number of nitrogens with one attached hydrogen (secondary N) is 1. The predicted molar refractivity (Wildman–Crippen MR) is 60.8 cm³/mol. The van der Waals surface area contributed by atoms with Crippen molar-refractivity contribution in [3.63, 3.8) is 0 Å². The molecule has 0 unspecified atom stereocenters. The van der Waals surface area contributed by atoms with Crippen LogP contribution in [0.2, 0.25) is 0 Å². The highest BCUT2D eigenvalue weighted by Crippen LogP contribution is 2.21. The maximum Gasteiger partial charge on any atom is 0.338 e. The van der Waals surface area contributed by atoms with E-state index in [4.69, 9.17) is 28.5 Å². The number of hydrogen-bond donors (Lipinski definition) is 2. The third kappa shape index (κ3) is 2.74. The Hall–Kier alpha value is -1.52. The molecule has 4 nitrogen and oxygen atoms in total. The lowest BCUT2D eigenvalue weighted by atomic mass is 10.1. The van der Waals surface area contributed by atoms with Crippen LogP contribution < -0.4 is 4.84 Å². The summed E-state index contributed by atoms with van der Waals surface area (Å²) in [5.74, 6) is -2.15. The van der Waals surface area contributed by atoms with Crippen molar-refractivity contribution in [3.05, 3.63) is 40.9 Å². The van der Waals surface area contributed by atoms with Crippen LogP contribution in [0.5, 0.6) is 0 Å². The van der Waals surface area contributed by atoms with Crippen LogP contribution in [0.1, 0.15) is 5.56 Å². The summed E-state index contributed by atoms with van der Waals surface area (Å²) in [4.78, 5) is 23.9. The Morgan fingerprint density at radius 2 is 1.75 bits per heavy atom. The number of carboxylic acid groups (broad SMARTS) is 1. The Bertz CT molecular complexity index is 443. The van der Waals surface area contributed by atoms with E-state index in [1.807, 2.05) is 0 Å². The third-order valence-electron chi connectivity index (χ3n) is 1.78. The Kier molecular flexibility index (Phi) is 4.34. The fraction of sp³-hybridized carbons (Fsp3) is 0. The SMILES string of the molecule is O=C(O)C(=C(Cl)C(=O)NCl)c1ccccc1. The fourth-order valence-electron chi connectivity index (χ4n) is 1.10. The topological polar surface area (TPSA) is 66.4 Å². The van der Waals surface area contributed by atoms with Crippen LogP contribution in [0.3, 0.4) is 0 Å². The fourth-order valence-corrected chi connectivity index (χ4v) is 1.48. The highest BCUT2D eigenvalue weighted by molar-refractivity contribution is 6.51. The average molecular weight is 260 g/mol. The van der Waals surface area contributed by atoms with Gasteiger partial charge < -0.3 is 5.11 Å². The van der Waals surface area contributed by atoms with E-state index < -0.39 is 16.9 Å². The second-order valence-electron chi connectivity index (χ2n) is 2.78. The van der Waals surface area contributed by atoms with Crippen molar-refractivity contribution < 1.29 is 14.7 Å². The smallest absolute Gasteiger partial charge is 0.338 e. The van der Waals surface area contributed by atoms with Crippen LogP contribution in [-0.2, 0) is 9.59 Å². The standard InChI is InChI=1S/C10H7Cl2NO3/c11-8(9(14)13-12)7(10(15)16)6-4-2-1-3-5-6/h1-5H,(H,13,14)(H,15,16). The van der Waals surface area contributed by atoms with E-state index in [-0.39, 0.29) is 5.57 Å². The van der Waals surface area contributed by atoms with Gasteiger partial charge in [-0.25, -0.2) is 4.79 Å². The van der Waals surface area contributed by atoms with Gasteiger partial charge in [0, 0.05) is 11.8 Å². The molecule has 84 valence electrons. The van der Waals surface area contributed by atoms with E-state index in [9.17, 15) is 9.59 Å². The second-order valence-corrected chi connectivity index (χ2v) is 3.35. The number of carbonyl (C=O) groups is 2. The molecule has 1 aromatic rings. The summed E-state index contributed by atoms with van der Waals surface area (Å²) < 4.78 is 0. The molecule has 2 N–H and O–H groups in total. The van der Waals surface area contributed by atoms with Crippen molar-refractivity contribution in [1.82, 2.24) is 4.84 Å². The molecule has 0 atom stereocenters. The first-order chi connectivity index (χ1) is 7.57. The van der Waals surface area contributed by atoms with E-state index in [2.05, 4.69) is 0 Å². The minimum atomic E-state index is -1.29. The lowest BCUT2D eigenvalue weighted by molar-refractivity contribution is -0.130. The first-order valence-electron chi connectivity index (χ1n) is 4.17. The molecular weight excluding hydrogens is 253 g/mol. The van der Waals surface area contributed by atoms with Crippen molar-refractivity contribution in [2.75, 3.05) is 0 Å². The highest BCUT2D eigenvalue weighted by Gasteiger charge is 2.20. The quantitative estimate of drug-likeness (QED) is 0.645. The maximum atomic E-state index is 11.1. The Balaban J connectivity index is 3.30. The van der Waals surface area contributed by atoms with Gasteiger partial charge in [0.15, 0.2) is 0 Å². The largest absolute Gasteiger partial charge is 0.478 e. The zero-order chi connectivity index (χ0) is 12.1. The number of amides is 1. The molecule has 0 aromatic heterocycles. The first kappa shape index (κ1) is 12.5. The summed E-state index contributed by atoms with van der Waals surface area (Å²) in [5, 5.41) is 8.51. The number of carbonyl (C=O) groups excluding carboxylic acids is 1. The summed E-state index contributed by atoms with van der Waals surface area (Å²) in [6.45, 7) is 0. The molecule has 1 amide bonds. The minimum absolute atomic E-state index is 0.291. The molecule has 1 rings (SSSR count). The normalized spacial score (nSPS) is 11.6. The summed E-state index contributed by atoms with van der Waals surface area (Å²) in [7, 11) is 0. The second kappa shape index (κ2) is 5.53. The molecule has 0 bridgehead atoms. The monoisotopic (exact) mass is 259 g/mol. The van der Waals surface area contributed by atoms with Crippen molar-refractivity contribution in [2.24, 2.45) is 0 Å². The summed E-state index contributed by atoms with van der Waals surface area (Å²) in [6, 6.07) is 8.07. The Labute approximate surface area is 102 Å². The molecule has 0 heterocycles. The van der Waals surface area contributed by atoms with Gasteiger partial charge in [-0.3, -0.25) is 9.63 Å². The van der Waals surface area contributed by atoms with E-state index >= 15 is 0 Å². The minimum Gasteiger partial charge on any atom is -0.478 e. The van der Waals surface area contributed by atoms with Gasteiger partial charge in [0.25, 0.3) is 5.91 Å². The molecule has 0 saturated carbocycles. The van der Waals surface area contributed by atoms with Crippen molar-refractivity contribution in [2.45, 2.75) is 0 Å². The molecule has 0 spiro atoms. The van der Waals surface area contributed by atoms with Crippen molar-refractivity contribution in [3.8, 4) is 0 Å². The van der Waals surface area contributed by atoms with Crippen molar-refractivity contribution in [1.29, 1.82) is 0 Å². The van der Waals surface area contributed by atoms with Gasteiger partial charge in [-0.2, -0.15) is 0 Å². The number of aliphatic carboxylic acids is 1. The zero-order valence-electron chi connectivity index (χ0n) is 7.91. The molecule has 0 aliphatic rings.